The van der Waals surface area contributed by atoms with Crippen LogP contribution in [0.5, 0.6) is 11.5 Å². The van der Waals surface area contributed by atoms with Gasteiger partial charge >= 0.3 is 0 Å². The summed E-state index contributed by atoms with van der Waals surface area (Å²) in [6.07, 6.45) is -2.47. The molecule has 4 aliphatic rings. The maximum absolute atomic E-state index is 13.3. The molecule has 9 heteroatoms. The second kappa shape index (κ2) is 7.91. The first-order chi connectivity index (χ1) is 17.2. The first-order valence-corrected chi connectivity index (χ1v) is 11.3. The van der Waals surface area contributed by atoms with Crippen molar-refractivity contribution in [3.63, 3.8) is 0 Å². The van der Waals surface area contributed by atoms with Gasteiger partial charge in [0.15, 0.2) is 28.9 Å². The zero-order valence-corrected chi connectivity index (χ0v) is 18.7. The van der Waals surface area contributed by atoms with Gasteiger partial charge in [0.05, 0.1) is 13.2 Å². The van der Waals surface area contributed by atoms with E-state index in [-0.39, 0.29) is 93.7 Å². The largest absolute Gasteiger partial charge is 0.508 e. The first kappa shape index (κ1) is 22.3. The highest BCUT2D eigenvalue weighted by Gasteiger charge is 2.43. The minimum atomic E-state index is -1.09. The molecule has 36 heavy (non-hydrogen) atoms. The van der Waals surface area contributed by atoms with Crippen molar-refractivity contribution in [1.82, 2.24) is 0 Å². The summed E-state index contributed by atoms with van der Waals surface area (Å²) in [6.45, 7) is -0.470. The summed E-state index contributed by atoms with van der Waals surface area (Å²) in [5.74, 6) is -2.48. The Hall–Kier alpha value is -4.21. The number of fused-ring (bicyclic) bond motifs is 2. The number of ether oxygens (including phenoxy) is 2. The van der Waals surface area contributed by atoms with Crippen molar-refractivity contribution >= 4 is 28.9 Å². The van der Waals surface area contributed by atoms with Crippen molar-refractivity contribution in [3.05, 3.63) is 80.9 Å². The number of Topliss-reactive ketones (excluding diaryl/α,β-unsaturated/α-hetero) is 5. The summed E-state index contributed by atoms with van der Waals surface area (Å²) < 4.78 is 11.3. The maximum atomic E-state index is 13.3. The van der Waals surface area contributed by atoms with Crippen LogP contribution in [0.2, 0.25) is 0 Å². The second-order valence-electron chi connectivity index (χ2n) is 9.10. The highest BCUT2D eigenvalue weighted by atomic mass is 16.5. The molecular weight excluding hydrogens is 468 g/mol. The minimum Gasteiger partial charge on any atom is -0.508 e. The molecule has 2 heterocycles. The van der Waals surface area contributed by atoms with Crippen molar-refractivity contribution in [2.24, 2.45) is 0 Å². The summed E-state index contributed by atoms with van der Waals surface area (Å²) >= 11 is 0. The van der Waals surface area contributed by atoms with Gasteiger partial charge in [0.2, 0.25) is 0 Å². The predicted octanol–water partition coefficient (Wildman–Crippen LogP) is 2.30. The normalized spacial score (nSPS) is 23.2. The lowest BCUT2D eigenvalue weighted by Crippen LogP contribution is -2.44. The van der Waals surface area contributed by atoms with Gasteiger partial charge in [-0.25, -0.2) is 0 Å². The molecule has 2 aliphatic heterocycles. The zero-order valence-electron chi connectivity index (χ0n) is 18.7. The molecule has 0 radical (unpaired) electrons. The maximum Gasteiger partial charge on any atom is 0.192 e. The van der Waals surface area contributed by atoms with Crippen LogP contribution in [-0.2, 0) is 14.3 Å². The van der Waals surface area contributed by atoms with Gasteiger partial charge in [-0.1, -0.05) is 0 Å². The molecule has 9 nitrogen and oxygen atoms in total. The van der Waals surface area contributed by atoms with Crippen LogP contribution in [0.1, 0.15) is 54.3 Å². The zero-order chi connectivity index (χ0) is 25.3. The van der Waals surface area contributed by atoms with Crippen LogP contribution in [0.3, 0.4) is 0 Å². The van der Waals surface area contributed by atoms with E-state index < -0.39 is 29.6 Å². The van der Waals surface area contributed by atoms with Gasteiger partial charge in [0, 0.05) is 57.4 Å². The molecule has 2 unspecified atom stereocenters. The van der Waals surface area contributed by atoms with E-state index in [1.165, 1.54) is 36.4 Å². The third-order valence-corrected chi connectivity index (χ3v) is 7.08. The first-order valence-electron chi connectivity index (χ1n) is 11.3. The average molecular weight is 486 g/mol. The fourth-order valence-corrected chi connectivity index (χ4v) is 5.20. The molecule has 0 spiro atoms. The number of phenols is 2. The summed E-state index contributed by atoms with van der Waals surface area (Å²) in [5.41, 5.74) is 1.17. The third kappa shape index (κ3) is 3.20. The Morgan fingerprint density at radius 2 is 1.00 bits per heavy atom. The Kier molecular flexibility index (Phi) is 4.89. The van der Waals surface area contributed by atoms with Crippen molar-refractivity contribution in [1.29, 1.82) is 0 Å². The SMILES string of the molecule is O=C1C2=C(CC(C(=O)C3CC4=C(CO3)C(=O)c3ccc(O)cc3C4=O)OC2)C(=O)c2cc(O)ccc21. The summed E-state index contributed by atoms with van der Waals surface area (Å²) in [5, 5.41) is 19.5. The van der Waals surface area contributed by atoms with Crippen molar-refractivity contribution in [2.75, 3.05) is 13.2 Å². The lowest BCUT2D eigenvalue weighted by atomic mass is 9.78. The van der Waals surface area contributed by atoms with Crippen LogP contribution in [0, 0.1) is 0 Å². The van der Waals surface area contributed by atoms with E-state index in [1.54, 1.807) is 0 Å². The number of carbonyl (C=O) groups is 5. The Morgan fingerprint density at radius 1 is 0.611 bits per heavy atom. The molecule has 0 aromatic heterocycles. The molecule has 0 bridgehead atoms. The molecule has 0 saturated carbocycles. The average Bonchev–Trinajstić information content (AvgIpc) is 2.89. The van der Waals surface area contributed by atoms with Crippen molar-refractivity contribution in [2.45, 2.75) is 25.0 Å². The molecule has 2 N–H and O–H groups in total. The van der Waals surface area contributed by atoms with Gasteiger partial charge in [0.1, 0.15) is 23.7 Å². The van der Waals surface area contributed by atoms with Crippen LogP contribution in [0.4, 0.5) is 0 Å². The molecule has 0 fully saturated rings. The van der Waals surface area contributed by atoms with Gasteiger partial charge in [-0.05, 0) is 36.4 Å². The quantitative estimate of drug-likeness (QED) is 0.653. The summed E-state index contributed by atoms with van der Waals surface area (Å²) in [4.78, 5) is 65.2. The highest BCUT2D eigenvalue weighted by Crippen LogP contribution is 2.37. The van der Waals surface area contributed by atoms with E-state index in [9.17, 15) is 34.2 Å². The molecular formula is C27H18O9. The van der Waals surface area contributed by atoms with Gasteiger partial charge in [-0.15, -0.1) is 0 Å². The van der Waals surface area contributed by atoms with Crippen LogP contribution in [-0.4, -0.2) is 64.6 Å². The Labute approximate surface area is 203 Å². The number of aromatic hydroxyl groups is 2. The second-order valence-corrected chi connectivity index (χ2v) is 9.10. The van der Waals surface area contributed by atoms with Crippen LogP contribution < -0.4 is 0 Å². The third-order valence-electron chi connectivity index (χ3n) is 7.08. The molecule has 2 atom stereocenters. The lowest BCUT2D eigenvalue weighted by Gasteiger charge is -2.33. The lowest BCUT2D eigenvalue weighted by molar-refractivity contribution is -0.142. The number of rotatable bonds is 2. The molecule has 2 aromatic carbocycles. The Bertz CT molecular complexity index is 1400. The van der Waals surface area contributed by atoms with Crippen molar-refractivity contribution < 1.29 is 43.7 Å². The number of ketones is 5. The summed E-state index contributed by atoms with van der Waals surface area (Å²) in [7, 11) is 0. The van der Waals surface area contributed by atoms with Crippen LogP contribution in [0.25, 0.3) is 0 Å². The standard InChI is InChI=1S/C27H18O9/c28-11-1-3-13-15(5-11)25(32)17-7-21(35-9-19(17)23(13)30)27(34)22-8-18-20(10-36-22)24(31)14-4-2-12(29)6-16(14)26(18)33/h1-6,21-22,28-29H,7-10H2. The van der Waals surface area contributed by atoms with E-state index in [4.69, 9.17) is 9.47 Å². The Morgan fingerprint density at radius 3 is 1.42 bits per heavy atom. The van der Waals surface area contributed by atoms with Gasteiger partial charge in [0.25, 0.3) is 0 Å². The number of benzene rings is 2. The molecule has 2 aromatic rings. The fraction of sp³-hybridized carbons (Fsp3) is 0.222. The van der Waals surface area contributed by atoms with Crippen LogP contribution in [0.15, 0.2) is 58.7 Å². The Balaban J connectivity index is 1.25. The molecule has 2 aliphatic carbocycles. The summed E-state index contributed by atoms with van der Waals surface area (Å²) in [6, 6.07) is 7.87. The van der Waals surface area contributed by atoms with Gasteiger partial charge in [-0.3, -0.25) is 24.0 Å². The molecule has 0 saturated heterocycles. The van der Waals surface area contributed by atoms with E-state index >= 15 is 0 Å². The number of hydrogen-bond donors (Lipinski definition) is 2. The monoisotopic (exact) mass is 486 g/mol. The highest BCUT2D eigenvalue weighted by molar-refractivity contribution is 6.28. The van der Waals surface area contributed by atoms with E-state index in [2.05, 4.69) is 0 Å². The predicted molar refractivity (Wildman–Crippen MR) is 121 cm³/mol. The van der Waals surface area contributed by atoms with E-state index in [0.717, 1.165) is 0 Å². The topological polar surface area (TPSA) is 144 Å². The van der Waals surface area contributed by atoms with E-state index in [1.807, 2.05) is 0 Å². The number of carbonyl (C=O) groups excluding carboxylic acids is 5. The van der Waals surface area contributed by atoms with Gasteiger partial charge < -0.3 is 19.7 Å². The fourth-order valence-electron chi connectivity index (χ4n) is 5.20. The van der Waals surface area contributed by atoms with Crippen molar-refractivity contribution in [3.8, 4) is 11.5 Å². The van der Waals surface area contributed by atoms with Gasteiger partial charge in [-0.2, -0.15) is 0 Å². The molecule has 180 valence electrons. The molecule has 6 rings (SSSR count). The smallest absolute Gasteiger partial charge is 0.192 e. The number of hydrogen-bond acceptors (Lipinski definition) is 9. The van der Waals surface area contributed by atoms with E-state index in [0.29, 0.717) is 0 Å². The number of phenolic OH excluding ortho intramolecular Hbond substituents is 2. The minimum absolute atomic E-state index is 0.0730. The van der Waals surface area contributed by atoms with Crippen LogP contribution >= 0.6 is 0 Å². The molecule has 0 amide bonds.